The quantitative estimate of drug-likeness (QED) is 0.559. The molecule has 0 unspecified atom stereocenters. The molecule has 184 valence electrons. The topological polar surface area (TPSA) is 113 Å². The van der Waals surface area contributed by atoms with Gasteiger partial charge in [0.1, 0.15) is 6.33 Å². The average molecular weight is 496 g/mol. The third-order valence-electron chi connectivity index (χ3n) is 6.60. The fraction of sp³-hybridized carbons (Fsp3) is 0.417. The van der Waals surface area contributed by atoms with E-state index in [4.69, 9.17) is 0 Å². The van der Waals surface area contributed by atoms with Crippen LogP contribution in [0.15, 0.2) is 53.7 Å². The monoisotopic (exact) mass is 495 g/mol. The summed E-state index contributed by atoms with van der Waals surface area (Å²) < 4.78 is 29.7. The lowest BCUT2D eigenvalue weighted by molar-refractivity contribution is 0.102. The third kappa shape index (κ3) is 5.06. The highest BCUT2D eigenvalue weighted by Gasteiger charge is 2.28. The average Bonchev–Trinajstić information content (AvgIpc) is 3.45. The predicted octanol–water partition coefficient (Wildman–Crippen LogP) is 3.08. The van der Waals surface area contributed by atoms with Gasteiger partial charge in [-0.3, -0.25) is 4.79 Å². The Morgan fingerprint density at radius 3 is 2.20 bits per heavy atom. The second-order valence-electron chi connectivity index (χ2n) is 8.95. The molecule has 1 aromatic heterocycles. The number of nitrogens with zero attached hydrogens (tertiary/aromatic N) is 6. The number of nitrogens with one attached hydrogen (secondary N) is 1. The normalized spacial score (nSPS) is 17.3. The van der Waals surface area contributed by atoms with E-state index in [2.05, 4.69) is 25.7 Å². The number of benzene rings is 2. The van der Waals surface area contributed by atoms with Crippen molar-refractivity contribution >= 4 is 27.3 Å². The number of piperidine rings is 2. The van der Waals surface area contributed by atoms with Crippen LogP contribution in [0.2, 0.25) is 0 Å². The maximum atomic E-state index is 13.5. The highest BCUT2D eigenvalue weighted by atomic mass is 32.2. The first-order valence-corrected chi connectivity index (χ1v) is 13.5. The van der Waals surface area contributed by atoms with Crippen LogP contribution in [0.1, 0.15) is 48.9 Å². The fourth-order valence-electron chi connectivity index (χ4n) is 4.70. The predicted molar refractivity (Wildman–Crippen MR) is 132 cm³/mol. The molecule has 0 bridgehead atoms. The molecule has 35 heavy (non-hydrogen) atoms. The van der Waals surface area contributed by atoms with Crippen LogP contribution in [0.25, 0.3) is 5.69 Å². The second-order valence-corrected chi connectivity index (χ2v) is 10.9. The van der Waals surface area contributed by atoms with Crippen LogP contribution in [0.3, 0.4) is 0 Å². The zero-order valence-corrected chi connectivity index (χ0v) is 20.3. The van der Waals surface area contributed by atoms with E-state index in [1.807, 2.05) is 0 Å². The number of carbonyl (C=O) groups is 1. The Balaban J connectivity index is 1.44. The molecule has 0 radical (unpaired) electrons. The standard InChI is InChI=1S/C24H29N7O3S/c32-24(26-19-7-9-20(10-8-19)31-18-25-27-28-31)22-17-21(35(33,34)30-15-5-2-6-16-30)11-12-23(22)29-13-3-1-4-14-29/h7-12,17-18H,1-6,13-16H2,(H,26,32). The largest absolute Gasteiger partial charge is 0.371 e. The number of aromatic nitrogens is 4. The summed E-state index contributed by atoms with van der Waals surface area (Å²) in [5.74, 6) is -0.337. The number of hydrogen-bond donors (Lipinski definition) is 1. The molecule has 11 heteroatoms. The van der Waals surface area contributed by atoms with Crippen LogP contribution < -0.4 is 10.2 Å². The van der Waals surface area contributed by atoms with Crippen LogP contribution >= 0.6 is 0 Å². The molecule has 0 saturated carbocycles. The molecule has 0 aliphatic carbocycles. The van der Waals surface area contributed by atoms with Crippen molar-refractivity contribution in [3.05, 3.63) is 54.4 Å². The minimum Gasteiger partial charge on any atom is -0.371 e. The summed E-state index contributed by atoms with van der Waals surface area (Å²) in [5, 5.41) is 14.1. The molecule has 2 saturated heterocycles. The van der Waals surface area contributed by atoms with Gasteiger partial charge in [0.05, 0.1) is 16.1 Å². The van der Waals surface area contributed by atoms with Crippen molar-refractivity contribution in [1.29, 1.82) is 0 Å². The first-order valence-electron chi connectivity index (χ1n) is 12.1. The zero-order valence-electron chi connectivity index (χ0n) is 19.5. The summed E-state index contributed by atoms with van der Waals surface area (Å²) in [6.45, 7) is 2.73. The molecule has 3 heterocycles. The molecule has 0 atom stereocenters. The smallest absolute Gasteiger partial charge is 0.257 e. The number of sulfonamides is 1. The Kier molecular flexibility index (Phi) is 6.78. The van der Waals surface area contributed by atoms with Crippen LogP contribution in [-0.2, 0) is 10.0 Å². The SMILES string of the molecule is O=C(Nc1ccc(-n2cnnn2)cc1)c1cc(S(=O)(=O)N2CCCCC2)ccc1N1CCCCC1. The summed E-state index contributed by atoms with van der Waals surface area (Å²) >= 11 is 0. The van der Waals surface area contributed by atoms with Crippen molar-refractivity contribution < 1.29 is 13.2 Å². The molecular formula is C24H29N7O3S. The molecule has 2 aliphatic rings. The van der Waals surface area contributed by atoms with Crippen molar-refractivity contribution in [2.45, 2.75) is 43.4 Å². The Labute approximate surface area is 205 Å². The molecule has 1 N–H and O–H groups in total. The Morgan fingerprint density at radius 1 is 0.857 bits per heavy atom. The first-order chi connectivity index (χ1) is 17.0. The number of tetrazole rings is 1. The molecule has 5 rings (SSSR count). The van der Waals surface area contributed by atoms with Gasteiger partial charge >= 0.3 is 0 Å². The zero-order chi connectivity index (χ0) is 24.3. The summed E-state index contributed by atoms with van der Waals surface area (Å²) in [6.07, 6.45) is 7.51. The lowest BCUT2D eigenvalue weighted by Crippen LogP contribution is -2.36. The third-order valence-corrected chi connectivity index (χ3v) is 8.50. The molecule has 2 fully saturated rings. The number of carbonyl (C=O) groups excluding carboxylic acids is 1. The minimum atomic E-state index is -3.66. The number of amides is 1. The van der Waals surface area contributed by atoms with E-state index in [0.717, 1.165) is 63.0 Å². The van der Waals surface area contributed by atoms with Gasteiger partial charge in [-0.2, -0.15) is 4.31 Å². The summed E-state index contributed by atoms with van der Waals surface area (Å²) in [4.78, 5) is 15.8. The van der Waals surface area contributed by atoms with Gasteiger partial charge in [0.15, 0.2) is 0 Å². The minimum absolute atomic E-state index is 0.166. The summed E-state index contributed by atoms with van der Waals surface area (Å²) in [6, 6.07) is 12.1. The van der Waals surface area contributed by atoms with Gasteiger partial charge in [-0.15, -0.1) is 5.10 Å². The highest BCUT2D eigenvalue weighted by Crippen LogP contribution is 2.30. The van der Waals surface area contributed by atoms with E-state index in [1.54, 1.807) is 42.5 Å². The van der Waals surface area contributed by atoms with Gasteiger partial charge in [-0.25, -0.2) is 13.1 Å². The molecule has 1 amide bonds. The van der Waals surface area contributed by atoms with Crippen molar-refractivity contribution in [1.82, 2.24) is 24.5 Å². The van der Waals surface area contributed by atoms with Crippen LogP contribution in [0.4, 0.5) is 11.4 Å². The Morgan fingerprint density at radius 2 is 1.54 bits per heavy atom. The molecular weight excluding hydrogens is 466 g/mol. The number of hydrogen-bond acceptors (Lipinski definition) is 7. The van der Waals surface area contributed by atoms with E-state index in [0.29, 0.717) is 24.3 Å². The molecule has 3 aromatic rings. The maximum absolute atomic E-state index is 13.5. The van der Waals surface area contributed by atoms with E-state index in [-0.39, 0.29) is 10.8 Å². The molecule has 0 spiro atoms. The lowest BCUT2D eigenvalue weighted by Gasteiger charge is -2.31. The van der Waals surface area contributed by atoms with Crippen LogP contribution in [0, 0.1) is 0 Å². The van der Waals surface area contributed by atoms with Crippen molar-refractivity contribution in [2.75, 3.05) is 36.4 Å². The van der Waals surface area contributed by atoms with Crippen molar-refractivity contribution in [3.63, 3.8) is 0 Å². The second kappa shape index (κ2) is 10.1. The van der Waals surface area contributed by atoms with Gasteiger partial charge in [0.2, 0.25) is 10.0 Å². The molecule has 2 aliphatic heterocycles. The highest BCUT2D eigenvalue weighted by molar-refractivity contribution is 7.89. The van der Waals surface area contributed by atoms with Gasteiger partial charge in [0.25, 0.3) is 5.91 Å². The van der Waals surface area contributed by atoms with Crippen LogP contribution in [-0.4, -0.2) is 65.0 Å². The van der Waals surface area contributed by atoms with Crippen molar-refractivity contribution in [3.8, 4) is 5.69 Å². The van der Waals surface area contributed by atoms with E-state index in [1.165, 1.54) is 15.3 Å². The molecule has 2 aromatic carbocycles. The lowest BCUT2D eigenvalue weighted by atomic mass is 10.1. The van der Waals surface area contributed by atoms with E-state index in [9.17, 15) is 13.2 Å². The van der Waals surface area contributed by atoms with Gasteiger partial charge in [-0.1, -0.05) is 6.42 Å². The summed E-state index contributed by atoms with van der Waals surface area (Å²) in [7, 11) is -3.66. The van der Waals surface area contributed by atoms with Crippen LogP contribution in [0.5, 0.6) is 0 Å². The van der Waals surface area contributed by atoms with Gasteiger partial charge < -0.3 is 10.2 Å². The van der Waals surface area contributed by atoms with Crippen molar-refractivity contribution in [2.24, 2.45) is 0 Å². The Bertz CT molecular complexity index is 1260. The number of rotatable bonds is 6. The van der Waals surface area contributed by atoms with E-state index >= 15 is 0 Å². The van der Waals surface area contributed by atoms with Gasteiger partial charge in [-0.05, 0) is 85.0 Å². The Hall–Kier alpha value is -3.31. The van der Waals surface area contributed by atoms with Gasteiger partial charge in [0, 0.05) is 37.6 Å². The maximum Gasteiger partial charge on any atom is 0.257 e. The summed E-state index contributed by atoms with van der Waals surface area (Å²) in [5.41, 5.74) is 2.50. The molecule has 10 nitrogen and oxygen atoms in total. The number of anilines is 2. The fourth-order valence-corrected chi connectivity index (χ4v) is 6.24. The van der Waals surface area contributed by atoms with E-state index < -0.39 is 10.0 Å². The first kappa shape index (κ1) is 23.4.